The lowest BCUT2D eigenvalue weighted by Crippen LogP contribution is -2.40. The highest BCUT2D eigenvalue weighted by Crippen LogP contribution is 2.36. The fourth-order valence-corrected chi connectivity index (χ4v) is 4.04. The van der Waals surface area contributed by atoms with Crippen LogP contribution in [0, 0.1) is 5.41 Å². The molecule has 1 heterocycles. The van der Waals surface area contributed by atoms with Gasteiger partial charge in [0.25, 0.3) is 0 Å². The van der Waals surface area contributed by atoms with Crippen molar-refractivity contribution in [3.8, 4) is 0 Å². The van der Waals surface area contributed by atoms with Crippen LogP contribution >= 0.6 is 0 Å². The van der Waals surface area contributed by atoms with E-state index in [-0.39, 0.29) is 12.0 Å². The van der Waals surface area contributed by atoms with E-state index < -0.39 is 0 Å². The Morgan fingerprint density at radius 1 is 1.26 bits per heavy atom. The van der Waals surface area contributed by atoms with Crippen molar-refractivity contribution in [1.82, 2.24) is 10.2 Å². The van der Waals surface area contributed by atoms with E-state index in [0.717, 1.165) is 12.6 Å². The molecule has 2 N–H and O–H groups in total. The lowest BCUT2D eigenvalue weighted by Gasteiger charge is -2.34. The zero-order valence-corrected chi connectivity index (χ0v) is 14.8. The van der Waals surface area contributed by atoms with Crippen molar-refractivity contribution in [2.24, 2.45) is 5.41 Å². The van der Waals surface area contributed by atoms with Crippen molar-refractivity contribution in [3.05, 3.63) is 35.9 Å². The maximum Gasteiger partial charge on any atom is 0.0488 e. The second-order valence-corrected chi connectivity index (χ2v) is 8.23. The first-order valence-corrected chi connectivity index (χ1v) is 9.16. The van der Waals surface area contributed by atoms with Gasteiger partial charge in [0.1, 0.15) is 0 Å². The van der Waals surface area contributed by atoms with Crippen LogP contribution in [0.2, 0.25) is 0 Å². The number of nitrogens with zero attached hydrogens (tertiary/aromatic N) is 1. The topological polar surface area (TPSA) is 35.5 Å². The number of nitrogens with one attached hydrogen (secondary N) is 1. The summed E-state index contributed by atoms with van der Waals surface area (Å²) in [5.41, 5.74) is 1.21. The van der Waals surface area contributed by atoms with E-state index >= 15 is 0 Å². The van der Waals surface area contributed by atoms with Gasteiger partial charge >= 0.3 is 0 Å². The van der Waals surface area contributed by atoms with E-state index in [4.69, 9.17) is 0 Å². The molecule has 3 heteroatoms. The van der Waals surface area contributed by atoms with Crippen molar-refractivity contribution in [2.75, 3.05) is 19.7 Å². The summed E-state index contributed by atoms with van der Waals surface area (Å²) < 4.78 is 0. The number of hydrogen-bond acceptors (Lipinski definition) is 3. The number of benzene rings is 1. The number of likely N-dealkylation sites (tertiary alicyclic amines) is 1. The Balaban J connectivity index is 1.63. The molecule has 1 saturated carbocycles. The summed E-state index contributed by atoms with van der Waals surface area (Å²) in [5.74, 6) is 0.332. The van der Waals surface area contributed by atoms with Crippen molar-refractivity contribution < 1.29 is 5.11 Å². The molecule has 3 nitrogen and oxygen atoms in total. The molecule has 1 aliphatic carbocycles. The SMILES string of the molecule is CC1CC(NCC(c2ccccc2)C(C)(C)CO)CN1C1CC1. The van der Waals surface area contributed by atoms with Crippen LogP contribution in [0.3, 0.4) is 0 Å². The Morgan fingerprint density at radius 2 is 1.96 bits per heavy atom. The zero-order valence-electron chi connectivity index (χ0n) is 14.8. The molecule has 1 aromatic carbocycles. The van der Waals surface area contributed by atoms with Gasteiger partial charge in [-0.1, -0.05) is 44.2 Å². The standard InChI is InChI=1S/C20H32N2O/c1-15-11-17(13-22(15)18-9-10-18)21-12-19(20(2,3)14-23)16-7-5-4-6-8-16/h4-8,15,17-19,21,23H,9-14H2,1-3H3. The molecule has 23 heavy (non-hydrogen) atoms. The number of rotatable bonds is 7. The molecular formula is C20H32N2O. The lowest BCUT2D eigenvalue weighted by molar-refractivity contribution is 0.127. The summed E-state index contributed by atoms with van der Waals surface area (Å²) in [6.07, 6.45) is 4.03. The maximum atomic E-state index is 9.85. The molecule has 0 bridgehead atoms. The third-order valence-electron chi connectivity index (χ3n) is 5.80. The molecule has 3 rings (SSSR count). The fraction of sp³-hybridized carbons (Fsp3) is 0.700. The van der Waals surface area contributed by atoms with Crippen LogP contribution in [-0.2, 0) is 0 Å². The molecule has 1 saturated heterocycles. The van der Waals surface area contributed by atoms with Gasteiger partial charge in [-0.25, -0.2) is 0 Å². The van der Waals surface area contributed by atoms with Crippen molar-refractivity contribution in [1.29, 1.82) is 0 Å². The summed E-state index contributed by atoms with van der Waals surface area (Å²) in [4.78, 5) is 2.69. The summed E-state index contributed by atoms with van der Waals surface area (Å²) >= 11 is 0. The van der Waals surface area contributed by atoms with Crippen molar-refractivity contribution >= 4 is 0 Å². The number of aliphatic hydroxyl groups is 1. The Bertz CT molecular complexity index is 498. The first-order valence-electron chi connectivity index (χ1n) is 9.16. The molecule has 2 fully saturated rings. The van der Waals surface area contributed by atoms with Crippen LogP contribution in [-0.4, -0.2) is 47.8 Å². The normalized spacial score (nSPS) is 27.3. The van der Waals surface area contributed by atoms with E-state index in [1.54, 1.807) is 0 Å². The quantitative estimate of drug-likeness (QED) is 0.812. The highest BCUT2D eigenvalue weighted by atomic mass is 16.3. The van der Waals surface area contributed by atoms with Crippen LogP contribution in [0.1, 0.15) is 51.5 Å². The summed E-state index contributed by atoms with van der Waals surface area (Å²) in [7, 11) is 0. The second-order valence-electron chi connectivity index (χ2n) is 8.23. The van der Waals surface area contributed by atoms with Gasteiger partial charge in [0.2, 0.25) is 0 Å². The highest BCUT2D eigenvalue weighted by molar-refractivity contribution is 5.22. The first-order chi connectivity index (χ1) is 11.0. The van der Waals surface area contributed by atoms with E-state index in [1.165, 1.54) is 31.4 Å². The van der Waals surface area contributed by atoms with Crippen molar-refractivity contribution in [3.63, 3.8) is 0 Å². The Labute approximate surface area is 141 Å². The lowest BCUT2D eigenvalue weighted by atomic mass is 9.75. The van der Waals surface area contributed by atoms with Crippen LogP contribution in [0.5, 0.6) is 0 Å². The molecular weight excluding hydrogens is 284 g/mol. The van der Waals surface area contributed by atoms with Gasteiger partial charge in [0.05, 0.1) is 0 Å². The second kappa shape index (κ2) is 6.92. The van der Waals surface area contributed by atoms with Crippen LogP contribution < -0.4 is 5.32 Å². The van der Waals surface area contributed by atoms with Crippen molar-refractivity contribution in [2.45, 2.75) is 64.1 Å². The molecule has 0 radical (unpaired) electrons. The largest absolute Gasteiger partial charge is 0.396 e. The van der Waals surface area contributed by atoms with E-state index in [9.17, 15) is 5.11 Å². The molecule has 0 spiro atoms. The van der Waals surface area contributed by atoms with E-state index in [2.05, 4.69) is 61.3 Å². The predicted octanol–water partition coefficient (Wildman–Crippen LogP) is 3.00. The molecule has 3 unspecified atom stereocenters. The van der Waals surface area contributed by atoms with Crippen LogP contribution in [0.4, 0.5) is 0 Å². The van der Waals surface area contributed by atoms with Gasteiger partial charge in [-0.2, -0.15) is 0 Å². The van der Waals surface area contributed by atoms with Gasteiger partial charge in [-0.05, 0) is 37.2 Å². The molecule has 3 atom stereocenters. The average Bonchev–Trinajstić information content (AvgIpc) is 3.32. The van der Waals surface area contributed by atoms with Gasteiger partial charge in [-0.15, -0.1) is 0 Å². The summed E-state index contributed by atoms with van der Waals surface area (Å²) in [6.45, 7) is 9.04. The first kappa shape index (κ1) is 16.9. The molecule has 0 aromatic heterocycles. The van der Waals surface area contributed by atoms with E-state index in [1.807, 2.05) is 0 Å². The van der Waals surface area contributed by atoms with Gasteiger partial charge in [0, 0.05) is 43.7 Å². The van der Waals surface area contributed by atoms with Crippen LogP contribution in [0.25, 0.3) is 0 Å². The minimum Gasteiger partial charge on any atom is -0.396 e. The molecule has 1 aliphatic heterocycles. The smallest absolute Gasteiger partial charge is 0.0488 e. The molecule has 1 aromatic rings. The Hall–Kier alpha value is -0.900. The highest BCUT2D eigenvalue weighted by Gasteiger charge is 2.39. The molecule has 2 aliphatic rings. The molecule has 0 amide bonds. The maximum absolute atomic E-state index is 9.85. The number of aliphatic hydroxyl groups excluding tert-OH is 1. The molecule has 128 valence electrons. The van der Waals surface area contributed by atoms with Gasteiger partial charge in [-0.3, -0.25) is 4.90 Å². The fourth-order valence-electron chi connectivity index (χ4n) is 4.04. The third kappa shape index (κ3) is 3.96. The zero-order chi connectivity index (χ0) is 16.4. The summed E-state index contributed by atoms with van der Waals surface area (Å²) in [5, 5.41) is 13.7. The number of hydrogen-bond donors (Lipinski definition) is 2. The minimum atomic E-state index is -0.116. The van der Waals surface area contributed by atoms with Crippen LogP contribution in [0.15, 0.2) is 30.3 Å². The Morgan fingerprint density at radius 3 is 2.57 bits per heavy atom. The van der Waals surface area contributed by atoms with Gasteiger partial charge in [0.15, 0.2) is 0 Å². The predicted molar refractivity (Wildman–Crippen MR) is 95.6 cm³/mol. The van der Waals surface area contributed by atoms with E-state index in [0.29, 0.717) is 18.0 Å². The minimum absolute atomic E-state index is 0.116. The van der Waals surface area contributed by atoms with Gasteiger partial charge < -0.3 is 10.4 Å². The monoisotopic (exact) mass is 316 g/mol. The summed E-state index contributed by atoms with van der Waals surface area (Å²) in [6, 6.07) is 12.8. The third-order valence-corrected chi connectivity index (χ3v) is 5.80. The average molecular weight is 316 g/mol. The Kier molecular flexibility index (Phi) is 5.10.